The fourth-order valence-corrected chi connectivity index (χ4v) is 2.28. The summed E-state index contributed by atoms with van der Waals surface area (Å²) in [4.78, 5) is 14.1. The predicted molar refractivity (Wildman–Crippen MR) is 88.7 cm³/mol. The summed E-state index contributed by atoms with van der Waals surface area (Å²) in [5.74, 6) is 0.923. The number of carbonyl (C=O) groups excluding carboxylic acids is 1. The topological polar surface area (TPSA) is 20.3 Å². The lowest BCUT2D eigenvalue weighted by Crippen LogP contribution is -2.38. The van der Waals surface area contributed by atoms with Gasteiger partial charge in [0.05, 0.1) is 0 Å². The van der Waals surface area contributed by atoms with Crippen LogP contribution in [0.15, 0.2) is 11.6 Å². The van der Waals surface area contributed by atoms with Crippen LogP contribution in [0.5, 0.6) is 0 Å². The highest BCUT2D eigenvalue weighted by molar-refractivity contribution is 5.78. The van der Waals surface area contributed by atoms with Crippen molar-refractivity contribution in [2.45, 2.75) is 67.7 Å². The second-order valence-corrected chi connectivity index (χ2v) is 7.24. The summed E-state index contributed by atoms with van der Waals surface area (Å²) in [5.41, 5.74) is 1.65. The molecule has 0 fully saturated rings. The molecule has 0 aromatic heterocycles. The van der Waals surface area contributed by atoms with E-state index in [0.717, 1.165) is 19.4 Å². The van der Waals surface area contributed by atoms with Gasteiger partial charge in [0.1, 0.15) is 0 Å². The molecule has 0 radical (unpaired) electrons. The molecule has 2 unspecified atom stereocenters. The lowest BCUT2D eigenvalue weighted by Gasteiger charge is -2.35. The molecule has 1 amide bonds. The molecule has 2 nitrogen and oxygen atoms in total. The predicted octanol–water partition coefficient (Wildman–Crippen LogP) is 4.90. The van der Waals surface area contributed by atoms with Crippen LogP contribution in [-0.2, 0) is 4.79 Å². The van der Waals surface area contributed by atoms with Crippen LogP contribution in [0.1, 0.15) is 67.7 Å². The van der Waals surface area contributed by atoms with Crippen molar-refractivity contribution < 1.29 is 4.79 Å². The molecule has 0 N–H and O–H groups in total. The lowest BCUT2D eigenvalue weighted by molar-refractivity contribution is -0.134. The van der Waals surface area contributed by atoms with Gasteiger partial charge in [-0.05, 0) is 44.4 Å². The van der Waals surface area contributed by atoms with Crippen LogP contribution in [0.3, 0.4) is 0 Å². The van der Waals surface area contributed by atoms with Crippen LogP contribution in [0, 0.1) is 17.3 Å². The maximum atomic E-state index is 12.2. The monoisotopic (exact) mass is 281 g/mol. The highest BCUT2D eigenvalue weighted by Gasteiger charge is 2.28. The van der Waals surface area contributed by atoms with Crippen molar-refractivity contribution in [3.05, 3.63) is 11.6 Å². The molecule has 0 aliphatic carbocycles. The smallest absolute Gasteiger partial charge is 0.225 e. The van der Waals surface area contributed by atoms with Crippen LogP contribution in [0.25, 0.3) is 0 Å². The van der Waals surface area contributed by atoms with Crippen molar-refractivity contribution >= 4 is 5.91 Å². The van der Waals surface area contributed by atoms with Crippen LogP contribution in [0.4, 0.5) is 0 Å². The van der Waals surface area contributed by atoms with Gasteiger partial charge in [0.2, 0.25) is 5.91 Å². The minimum Gasteiger partial charge on any atom is -0.345 e. The highest BCUT2D eigenvalue weighted by atomic mass is 16.2. The van der Waals surface area contributed by atoms with E-state index in [4.69, 9.17) is 0 Å². The zero-order valence-corrected chi connectivity index (χ0v) is 14.9. The van der Waals surface area contributed by atoms with Crippen molar-refractivity contribution in [2.24, 2.45) is 17.3 Å². The second-order valence-electron chi connectivity index (χ2n) is 7.24. The Morgan fingerprint density at radius 2 is 1.80 bits per heavy atom. The van der Waals surface area contributed by atoms with Gasteiger partial charge >= 0.3 is 0 Å². The summed E-state index contributed by atoms with van der Waals surface area (Å²) < 4.78 is 0. The van der Waals surface area contributed by atoms with Crippen molar-refractivity contribution in [2.75, 3.05) is 13.6 Å². The first kappa shape index (κ1) is 19.2. The van der Waals surface area contributed by atoms with Gasteiger partial charge in [-0.2, -0.15) is 0 Å². The molecule has 0 aliphatic heterocycles. The van der Waals surface area contributed by atoms with Crippen LogP contribution < -0.4 is 0 Å². The van der Waals surface area contributed by atoms with E-state index in [9.17, 15) is 4.79 Å². The van der Waals surface area contributed by atoms with Gasteiger partial charge in [0.25, 0.3) is 0 Å². The van der Waals surface area contributed by atoms with E-state index < -0.39 is 0 Å². The Kier molecular flexibility index (Phi) is 8.15. The molecule has 0 aromatic rings. The average molecular weight is 281 g/mol. The molecule has 2 heteroatoms. The highest BCUT2D eigenvalue weighted by Crippen LogP contribution is 2.32. The summed E-state index contributed by atoms with van der Waals surface area (Å²) in [6, 6.07) is 0. The first-order chi connectivity index (χ1) is 9.11. The number of carbonyl (C=O) groups is 1. The first-order valence-electron chi connectivity index (χ1n) is 8.00. The zero-order valence-electron chi connectivity index (χ0n) is 14.9. The zero-order chi connectivity index (χ0) is 15.9. The molecule has 118 valence electrons. The van der Waals surface area contributed by atoms with Gasteiger partial charge < -0.3 is 4.90 Å². The van der Waals surface area contributed by atoms with E-state index in [2.05, 4.69) is 47.6 Å². The Labute approximate surface area is 126 Å². The van der Waals surface area contributed by atoms with Crippen molar-refractivity contribution in [1.82, 2.24) is 4.90 Å². The Hall–Kier alpha value is -0.790. The normalized spacial score (nSPS) is 14.6. The minimum absolute atomic E-state index is 0.140. The summed E-state index contributed by atoms with van der Waals surface area (Å²) in [7, 11) is 1.94. The molecule has 0 spiro atoms. The fourth-order valence-electron chi connectivity index (χ4n) is 2.28. The maximum Gasteiger partial charge on any atom is 0.225 e. The van der Waals surface area contributed by atoms with Crippen molar-refractivity contribution in [3.8, 4) is 0 Å². The van der Waals surface area contributed by atoms with E-state index in [-0.39, 0.29) is 17.2 Å². The molecule has 0 heterocycles. The molecule has 0 aromatic carbocycles. The van der Waals surface area contributed by atoms with Gasteiger partial charge in [-0.1, -0.05) is 46.3 Å². The van der Waals surface area contributed by atoms with Gasteiger partial charge in [0, 0.05) is 19.5 Å². The molecule has 0 bridgehead atoms. The maximum absolute atomic E-state index is 12.2. The van der Waals surface area contributed by atoms with Gasteiger partial charge in [-0.15, -0.1) is 0 Å². The van der Waals surface area contributed by atoms with Crippen LogP contribution >= 0.6 is 0 Å². The van der Waals surface area contributed by atoms with Gasteiger partial charge in [-0.3, -0.25) is 4.79 Å². The quantitative estimate of drug-likeness (QED) is 0.579. The molecule has 0 saturated heterocycles. The van der Waals surface area contributed by atoms with Crippen molar-refractivity contribution in [1.29, 1.82) is 0 Å². The first-order valence-corrected chi connectivity index (χ1v) is 8.00. The van der Waals surface area contributed by atoms with E-state index in [1.54, 1.807) is 0 Å². The van der Waals surface area contributed by atoms with Gasteiger partial charge in [-0.25, -0.2) is 0 Å². The Morgan fingerprint density at radius 1 is 1.25 bits per heavy atom. The molecule has 20 heavy (non-hydrogen) atoms. The number of amides is 1. The van der Waals surface area contributed by atoms with E-state index >= 15 is 0 Å². The Bertz CT molecular complexity index is 326. The molecule has 0 rings (SSSR count). The summed E-state index contributed by atoms with van der Waals surface area (Å²) >= 11 is 0. The molecule has 2 atom stereocenters. The standard InChI is InChI=1S/C18H35NO/c1-9-15(4)17(20)19(8)13-16(5)18(6,7)12-10-11-14(2)3/h11,15-16H,9-10,12-13H2,1-8H3. The third-order valence-corrected chi connectivity index (χ3v) is 4.63. The number of rotatable bonds is 8. The largest absolute Gasteiger partial charge is 0.345 e. The van der Waals surface area contributed by atoms with Gasteiger partial charge in [0.15, 0.2) is 0 Å². The third kappa shape index (κ3) is 6.58. The number of nitrogens with zero attached hydrogens (tertiary/aromatic N) is 1. The minimum atomic E-state index is 0.140. The van der Waals surface area contributed by atoms with Crippen molar-refractivity contribution in [3.63, 3.8) is 0 Å². The average Bonchev–Trinajstić information content (AvgIpc) is 2.35. The summed E-state index contributed by atoms with van der Waals surface area (Å²) in [6.45, 7) is 16.1. The SMILES string of the molecule is CCC(C)C(=O)N(C)CC(C)C(C)(C)CCC=C(C)C. The molecule has 0 aliphatic rings. The Morgan fingerprint density at radius 3 is 2.25 bits per heavy atom. The molecular weight excluding hydrogens is 246 g/mol. The fraction of sp³-hybridized carbons (Fsp3) is 0.833. The number of hydrogen-bond acceptors (Lipinski definition) is 1. The lowest BCUT2D eigenvalue weighted by atomic mass is 9.76. The van der Waals surface area contributed by atoms with Crippen LogP contribution in [-0.4, -0.2) is 24.4 Å². The summed E-state index contributed by atoms with van der Waals surface area (Å²) in [6.07, 6.45) is 5.53. The second kappa shape index (κ2) is 8.49. The Balaban J connectivity index is 4.46. The van der Waals surface area contributed by atoms with E-state index in [0.29, 0.717) is 5.92 Å². The third-order valence-electron chi connectivity index (χ3n) is 4.63. The molecular formula is C18H35NO. The van der Waals surface area contributed by atoms with E-state index in [1.807, 2.05) is 18.9 Å². The number of hydrogen-bond donors (Lipinski definition) is 0. The summed E-state index contributed by atoms with van der Waals surface area (Å²) in [5, 5.41) is 0. The molecule has 0 saturated carbocycles. The van der Waals surface area contributed by atoms with E-state index in [1.165, 1.54) is 12.0 Å². The number of allylic oxidation sites excluding steroid dienone is 2. The van der Waals surface area contributed by atoms with Crippen LogP contribution in [0.2, 0.25) is 0 Å².